The van der Waals surface area contributed by atoms with Crippen LogP contribution >= 0.6 is 15.9 Å². The van der Waals surface area contributed by atoms with E-state index >= 15 is 0 Å². The average molecular weight is 242 g/mol. The van der Waals surface area contributed by atoms with Crippen LogP contribution in [-0.2, 0) is 0 Å². The number of nitrogens with one attached hydrogen (secondary N) is 1. The van der Waals surface area contributed by atoms with Crippen LogP contribution in [0.1, 0.15) is 12.0 Å². The van der Waals surface area contributed by atoms with E-state index in [0.29, 0.717) is 0 Å². The van der Waals surface area contributed by atoms with Gasteiger partial charge < -0.3 is 4.98 Å². The molecule has 1 aromatic heterocycles. The smallest absolute Gasteiger partial charge is 0.272 e. The monoisotopic (exact) mass is 241 g/mol. The van der Waals surface area contributed by atoms with Gasteiger partial charge in [-0.15, -0.1) is 0 Å². The van der Waals surface area contributed by atoms with Gasteiger partial charge in [0, 0.05) is 6.07 Å². The Kier molecular flexibility index (Phi) is 2.56. The molecule has 0 aromatic carbocycles. The number of aromatic nitrogens is 1. The van der Waals surface area contributed by atoms with Gasteiger partial charge in [0.25, 0.3) is 12.0 Å². The molecule has 0 saturated carbocycles. The summed E-state index contributed by atoms with van der Waals surface area (Å²) in [6.45, 7) is 0. The molecule has 0 fully saturated rings. The summed E-state index contributed by atoms with van der Waals surface area (Å²) in [4.78, 5) is 12.7. The van der Waals surface area contributed by atoms with Crippen LogP contribution in [0, 0.1) is 5.82 Å². The Morgan fingerprint density at radius 2 is 2.08 bits per heavy atom. The highest BCUT2D eigenvalue weighted by molar-refractivity contribution is 9.10. The van der Waals surface area contributed by atoms with Crippen molar-refractivity contribution in [2.45, 2.75) is 6.43 Å². The Balaban J connectivity index is 3.39. The Morgan fingerprint density at radius 3 is 2.50 bits per heavy atom. The predicted octanol–water partition coefficient (Wildman–Crippen LogP) is 2.21. The van der Waals surface area contributed by atoms with Gasteiger partial charge in [0.15, 0.2) is 0 Å². The van der Waals surface area contributed by atoms with E-state index in [-0.39, 0.29) is 4.60 Å². The van der Waals surface area contributed by atoms with Crippen LogP contribution in [0.4, 0.5) is 13.2 Å². The highest BCUT2D eigenvalue weighted by Crippen LogP contribution is 2.19. The summed E-state index contributed by atoms with van der Waals surface area (Å²) in [5.41, 5.74) is -2.24. The van der Waals surface area contributed by atoms with Gasteiger partial charge in [0.1, 0.15) is 11.4 Å². The zero-order valence-electron chi connectivity index (χ0n) is 5.57. The summed E-state index contributed by atoms with van der Waals surface area (Å²) >= 11 is 2.76. The highest BCUT2D eigenvalue weighted by Gasteiger charge is 2.18. The molecule has 2 nitrogen and oxygen atoms in total. The van der Waals surface area contributed by atoms with Crippen LogP contribution in [0.15, 0.2) is 15.5 Å². The van der Waals surface area contributed by atoms with Gasteiger partial charge in [-0.2, -0.15) is 0 Å². The third-order valence-electron chi connectivity index (χ3n) is 1.21. The van der Waals surface area contributed by atoms with E-state index in [4.69, 9.17) is 0 Å². The van der Waals surface area contributed by atoms with E-state index in [1.807, 2.05) is 4.98 Å². The van der Waals surface area contributed by atoms with Gasteiger partial charge in [0.05, 0.1) is 4.60 Å². The number of hydrogen-bond donors (Lipinski definition) is 1. The standard InChI is InChI=1S/C6H3BrF3NO/c7-3-1-2(8)4(5(9)10)6(12)11-3/h1,5H,(H,11,12). The van der Waals surface area contributed by atoms with Gasteiger partial charge in [-0.1, -0.05) is 0 Å². The van der Waals surface area contributed by atoms with Crippen LogP contribution in [0.2, 0.25) is 0 Å². The van der Waals surface area contributed by atoms with Crippen molar-refractivity contribution in [3.63, 3.8) is 0 Å². The number of rotatable bonds is 1. The van der Waals surface area contributed by atoms with Crippen molar-refractivity contribution < 1.29 is 13.2 Å². The van der Waals surface area contributed by atoms with Crippen LogP contribution in [0.25, 0.3) is 0 Å². The van der Waals surface area contributed by atoms with E-state index in [9.17, 15) is 18.0 Å². The van der Waals surface area contributed by atoms with Crippen molar-refractivity contribution >= 4 is 15.9 Å². The van der Waals surface area contributed by atoms with Crippen LogP contribution < -0.4 is 5.56 Å². The minimum absolute atomic E-state index is 0.0365. The molecule has 0 bridgehead atoms. The molecule has 0 spiro atoms. The largest absolute Gasteiger partial charge is 0.316 e. The van der Waals surface area contributed by atoms with Crippen molar-refractivity contribution in [1.82, 2.24) is 4.98 Å². The molecule has 0 unspecified atom stereocenters. The third-order valence-corrected chi connectivity index (χ3v) is 1.63. The zero-order valence-corrected chi connectivity index (χ0v) is 7.16. The molecule has 12 heavy (non-hydrogen) atoms. The zero-order chi connectivity index (χ0) is 9.30. The quantitative estimate of drug-likeness (QED) is 0.752. The van der Waals surface area contributed by atoms with Crippen molar-refractivity contribution in [3.05, 3.63) is 32.4 Å². The Morgan fingerprint density at radius 1 is 1.50 bits per heavy atom. The fraction of sp³-hybridized carbons (Fsp3) is 0.167. The first kappa shape index (κ1) is 9.31. The highest BCUT2D eigenvalue weighted by atomic mass is 79.9. The number of H-pyrrole nitrogens is 1. The molecule has 0 amide bonds. The van der Waals surface area contributed by atoms with Gasteiger partial charge in [-0.05, 0) is 15.9 Å². The Bertz CT molecular complexity index is 349. The first-order chi connectivity index (χ1) is 5.52. The maximum Gasteiger partial charge on any atom is 0.272 e. The lowest BCUT2D eigenvalue weighted by Gasteiger charge is -1.99. The van der Waals surface area contributed by atoms with Gasteiger partial charge in [-0.3, -0.25) is 4.79 Å². The predicted molar refractivity (Wildman–Crippen MR) is 39.7 cm³/mol. The molecule has 0 saturated heterocycles. The number of alkyl halides is 2. The summed E-state index contributed by atoms with van der Waals surface area (Å²) < 4.78 is 36.6. The summed E-state index contributed by atoms with van der Waals surface area (Å²) in [5, 5.41) is 0. The number of halogens is 4. The molecule has 0 aliphatic rings. The summed E-state index contributed by atoms with van der Waals surface area (Å²) in [7, 11) is 0. The molecule has 6 heteroatoms. The number of aromatic amines is 1. The van der Waals surface area contributed by atoms with Crippen molar-refractivity contribution in [2.75, 3.05) is 0 Å². The van der Waals surface area contributed by atoms with Crippen molar-refractivity contribution in [2.24, 2.45) is 0 Å². The van der Waals surface area contributed by atoms with E-state index in [0.717, 1.165) is 6.07 Å². The minimum Gasteiger partial charge on any atom is -0.316 e. The van der Waals surface area contributed by atoms with Crippen LogP contribution in [0.3, 0.4) is 0 Å². The van der Waals surface area contributed by atoms with Gasteiger partial charge >= 0.3 is 0 Å². The summed E-state index contributed by atoms with van der Waals surface area (Å²) in [6.07, 6.45) is -3.10. The second-order valence-corrected chi connectivity index (χ2v) is 2.86. The van der Waals surface area contributed by atoms with Gasteiger partial charge in [0.2, 0.25) is 0 Å². The fourth-order valence-electron chi connectivity index (χ4n) is 0.713. The molecular formula is C6H3BrF3NO. The molecule has 66 valence electrons. The second-order valence-electron chi connectivity index (χ2n) is 2.01. The topological polar surface area (TPSA) is 32.9 Å². The molecule has 0 atom stereocenters. The fourth-order valence-corrected chi connectivity index (χ4v) is 1.09. The second kappa shape index (κ2) is 3.30. The molecule has 1 heterocycles. The third kappa shape index (κ3) is 1.69. The summed E-state index contributed by atoms with van der Waals surface area (Å²) in [5.74, 6) is -1.21. The van der Waals surface area contributed by atoms with E-state index in [2.05, 4.69) is 15.9 Å². The molecule has 1 rings (SSSR count). The molecule has 0 aliphatic carbocycles. The molecule has 0 radical (unpaired) electrons. The van der Waals surface area contributed by atoms with Crippen LogP contribution in [-0.4, -0.2) is 4.98 Å². The lowest BCUT2D eigenvalue weighted by atomic mass is 10.3. The van der Waals surface area contributed by atoms with E-state index < -0.39 is 23.4 Å². The van der Waals surface area contributed by atoms with Crippen LogP contribution in [0.5, 0.6) is 0 Å². The molecule has 0 aliphatic heterocycles. The normalized spacial score (nSPS) is 10.8. The Labute approximate surface area is 73.5 Å². The molecule has 1 aromatic rings. The Hall–Kier alpha value is -0.780. The molecular weight excluding hydrogens is 239 g/mol. The average Bonchev–Trinajstić information content (AvgIpc) is 1.82. The van der Waals surface area contributed by atoms with E-state index in [1.54, 1.807) is 0 Å². The lowest BCUT2D eigenvalue weighted by Crippen LogP contribution is -2.15. The minimum atomic E-state index is -3.10. The first-order valence-electron chi connectivity index (χ1n) is 2.88. The molecule has 1 N–H and O–H groups in total. The lowest BCUT2D eigenvalue weighted by molar-refractivity contribution is 0.144. The SMILES string of the molecule is O=c1[nH]c(Br)cc(F)c1C(F)F. The van der Waals surface area contributed by atoms with Crippen molar-refractivity contribution in [1.29, 1.82) is 0 Å². The first-order valence-corrected chi connectivity index (χ1v) is 3.68. The van der Waals surface area contributed by atoms with Crippen molar-refractivity contribution in [3.8, 4) is 0 Å². The maximum atomic E-state index is 12.6. The number of hydrogen-bond acceptors (Lipinski definition) is 1. The maximum absolute atomic E-state index is 12.6. The van der Waals surface area contributed by atoms with E-state index in [1.165, 1.54) is 0 Å². The summed E-state index contributed by atoms with van der Waals surface area (Å²) in [6, 6.07) is 0.781. The number of pyridine rings is 1. The van der Waals surface area contributed by atoms with Gasteiger partial charge in [-0.25, -0.2) is 13.2 Å².